The van der Waals surface area contributed by atoms with Gasteiger partial charge in [-0.15, -0.1) is 0 Å². The molecule has 0 aromatic heterocycles. The third kappa shape index (κ3) is 4.73. The summed E-state index contributed by atoms with van der Waals surface area (Å²) in [7, 11) is -5.28. The van der Waals surface area contributed by atoms with Crippen LogP contribution in [-0.2, 0) is 27.0 Å². The molecule has 1 heterocycles. The first kappa shape index (κ1) is 22.4. The summed E-state index contributed by atoms with van der Waals surface area (Å²) < 4.78 is 76.7. The molecule has 0 spiro atoms. The van der Waals surface area contributed by atoms with Crippen LogP contribution in [0.4, 0.5) is 13.2 Å². The van der Waals surface area contributed by atoms with E-state index in [1.165, 1.54) is 11.2 Å². The van der Waals surface area contributed by atoms with Gasteiger partial charge in [0, 0.05) is 53.7 Å². The molecule has 1 saturated heterocycles. The van der Waals surface area contributed by atoms with Gasteiger partial charge in [0.15, 0.2) is 0 Å². The lowest BCUT2D eigenvalue weighted by molar-refractivity contribution is -0.137. The molecule has 1 aliphatic rings. The molecule has 1 amide bonds. The second kappa shape index (κ2) is 8.48. The van der Waals surface area contributed by atoms with Crippen LogP contribution in [0.15, 0.2) is 58.3 Å². The molecule has 30 heavy (non-hydrogen) atoms. The first-order valence-corrected chi connectivity index (χ1v) is 11.9. The lowest BCUT2D eigenvalue weighted by Crippen LogP contribution is -2.50. The van der Waals surface area contributed by atoms with Gasteiger partial charge in [-0.3, -0.25) is 9.00 Å². The SMILES string of the molecule is CS(=O)c1ccc(C(=O)N2CCN(S(=O)(=O)c3cccc(C(F)(F)F)c3)CC2)cc1. The van der Waals surface area contributed by atoms with Crippen LogP contribution in [0.1, 0.15) is 15.9 Å². The first-order chi connectivity index (χ1) is 14.0. The van der Waals surface area contributed by atoms with Gasteiger partial charge in [-0.2, -0.15) is 17.5 Å². The summed E-state index contributed by atoms with van der Waals surface area (Å²) in [6.45, 7) is 0.166. The molecular formula is C19H19F3N2O4S2. The van der Waals surface area contributed by atoms with Crippen molar-refractivity contribution in [1.29, 1.82) is 0 Å². The van der Waals surface area contributed by atoms with Crippen LogP contribution < -0.4 is 0 Å². The van der Waals surface area contributed by atoms with Crippen molar-refractivity contribution in [3.8, 4) is 0 Å². The molecule has 0 saturated carbocycles. The molecule has 1 fully saturated rings. The second-order valence-corrected chi connectivity index (χ2v) is 10.0. The van der Waals surface area contributed by atoms with E-state index >= 15 is 0 Å². The molecule has 3 rings (SSSR count). The van der Waals surface area contributed by atoms with Crippen LogP contribution in [0.3, 0.4) is 0 Å². The Labute approximate surface area is 174 Å². The average molecular weight is 460 g/mol. The number of benzene rings is 2. The summed E-state index contributed by atoms with van der Waals surface area (Å²) in [5.41, 5.74) is -0.646. The van der Waals surface area contributed by atoms with E-state index in [-0.39, 0.29) is 32.1 Å². The smallest absolute Gasteiger partial charge is 0.336 e. The van der Waals surface area contributed by atoms with E-state index in [2.05, 4.69) is 0 Å². The fourth-order valence-electron chi connectivity index (χ4n) is 3.09. The number of alkyl halides is 3. The Morgan fingerprint density at radius 1 is 1.00 bits per heavy atom. The van der Waals surface area contributed by atoms with E-state index in [4.69, 9.17) is 0 Å². The Kier molecular flexibility index (Phi) is 6.34. The Balaban J connectivity index is 1.70. The maximum Gasteiger partial charge on any atom is 0.416 e. The lowest BCUT2D eigenvalue weighted by atomic mass is 10.2. The minimum Gasteiger partial charge on any atom is -0.336 e. The fourth-order valence-corrected chi connectivity index (χ4v) is 5.07. The van der Waals surface area contributed by atoms with Gasteiger partial charge in [0.2, 0.25) is 10.0 Å². The highest BCUT2D eigenvalue weighted by molar-refractivity contribution is 7.89. The van der Waals surface area contributed by atoms with Gasteiger partial charge in [-0.05, 0) is 42.5 Å². The molecule has 6 nitrogen and oxygen atoms in total. The number of carbonyl (C=O) groups excluding carboxylic acids is 1. The van der Waals surface area contributed by atoms with Crippen molar-refractivity contribution in [2.24, 2.45) is 0 Å². The highest BCUT2D eigenvalue weighted by atomic mass is 32.2. The van der Waals surface area contributed by atoms with E-state index in [0.717, 1.165) is 22.5 Å². The van der Waals surface area contributed by atoms with Gasteiger partial charge >= 0.3 is 6.18 Å². The number of sulfonamides is 1. The number of nitrogens with zero attached hydrogens (tertiary/aromatic N) is 2. The van der Waals surface area contributed by atoms with Crippen molar-refractivity contribution in [3.63, 3.8) is 0 Å². The number of hydrogen-bond acceptors (Lipinski definition) is 4. The third-order valence-electron chi connectivity index (χ3n) is 4.76. The van der Waals surface area contributed by atoms with Gasteiger partial charge in [-0.25, -0.2) is 8.42 Å². The van der Waals surface area contributed by atoms with Crippen LogP contribution >= 0.6 is 0 Å². The monoisotopic (exact) mass is 460 g/mol. The maximum absolute atomic E-state index is 12.9. The molecule has 2 aromatic rings. The van der Waals surface area contributed by atoms with Crippen LogP contribution in [0, 0.1) is 0 Å². The molecule has 0 N–H and O–H groups in total. The molecule has 0 bridgehead atoms. The van der Waals surface area contributed by atoms with E-state index in [0.29, 0.717) is 16.5 Å². The quantitative estimate of drug-likeness (QED) is 0.703. The Morgan fingerprint density at radius 3 is 2.13 bits per heavy atom. The standard InChI is InChI=1S/C19H19F3N2O4S2/c1-29(26)16-7-5-14(6-8-16)18(25)23-9-11-24(12-10-23)30(27,28)17-4-2-3-15(13-17)19(20,21)22/h2-8,13H,9-12H2,1H3. The molecule has 0 radical (unpaired) electrons. The van der Waals surface area contributed by atoms with Crippen molar-refractivity contribution >= 4 is 26.7 Å². The number of amides is 1. The molecule has 162 valence electrons. The molecule has 1 atom stereocenters. The number of carbonyl (C=O) groups is 1. The van der Waals surface area contributed by atoms with E-state index in [1.807, 2.05) is 0 Å². The fraction of sp³-hybridized carbons (Fsp3) is 0.316. The highest BCUT2D eigenvalue weighted by Crippen LogP contribution is 2.31. The van der Waals surface area contributed by atoms with Crippen LogP contribution in [0.2, 0.25) is 0 Å². The Morgan fingerprint density at radius 2 is 1.60 bits per heavy atom. The van der Waals surface area contributed by atoms with E-state index < -0.39 is 37.5 Å². The molecule has 2 aromatic carbocycles. The van der Waals surface area contributed by atoms with Gasteiger partial charge < -0.3 is 4.90 Å². The normalized spacial score (nSPS) is 17.0. The topological polar surface area (TPSA) is 74.8 Å². The Hall–Kier alpha value is -2.24. The van der Waals surface area contributed by atoms with Crippen molar-refractivity contribution in [2.45, 2.75) is 16.0 Å². The van der Waals surface area contributed by atoms with E-state index in [1.54, 1.807) is 24.3 Å². The predicted octanol–water partition coefficient (Wildman–Crippen LogP) is 2.59. The van der Waals surface area contributed by atoms with Crippen LogP contribution in [0.25, 0.3) is 0 Å². The van der Waals surface area contributed by atoms with Crippen molar-refractivity contribution in [1.82, 2.24) is 9.21 Å². The third-order valence-corrected chi connectivity index (χ3v) is 7.59. The molecule has 1 aliphatic heterocycles. The summed E-state index contributed by atoms with van der Waals surface area (Å²) in [6, 6.07) is 9.93. The van der Waals surface area contributed by atoms with Crippen molar-refractivity contribution < 1.29 is 30.6 Å². The summed E-state index contributed by atoms with van der Waals surface area (Å²) in [5.74, 6) is -0.292. The van der Waals surface area contributed by atoms with Crippen molar-refractivity contribution in [3.05, 3.63) is 59.7 Å². The van der Waals surface area contributed by atoms with Gasteiger partial charge in [0.1, 0.15) is 0 Å². The number of hydrogen-bond donors (Lipinski definition) is 0. The number of rotatable bonds is 4. The van der Waals surface area contributed by atoms with E-state index in [9.17, 15) is 30.6 Å². The average Bonchev–Trinajstić information content (AvgIpc) is 2.73. The molecule has 1 unspecified atom stereocenters. The molecule has 0 aliphatic carbocycles. The summed E-state index contributed by atoms with van der Waals surface area (Å²) in [5, 5.41) is 0. The largest absolute Gasteiger partial charge is 0.416 e. The zero-order chi connectivity index (χ0) is 22.1. The lowest BCUT2D eigenvalue weighted by Gasteiger charge is -2.34. The molecule has 11 heteroatoms. The summed E-state index contributed by atoms with van der Waals surface area (Å²) in [6.07, 6.45) is -3.11. The summed E-state index contributed by atoms with van der Waals surface area (Å²) >= 11 is 0. The van der Waals surface area contributed by atoms with Gasteiger partial charge in [-0.1, -0.05) is 6.07 Å². The number of piperazine rings is 1. The Bertz CT molecular complexity index is 1060. The minimum absolute atomic E-state index is 0.0264. The minimum atomic E-state index is -4.64. The van der Waals surface area contributed by atoms with Gasteiger partial charge in [0.05, 0.1) is 10.5 Å². The van der Waals surface area contributed by atoms with Crippen molar-refractivity contribution in [2.75, 3.05) is 32.4 Å². The van der Waals surface area contributed by atoms with Gasteiger partial charge in [0.25, 0.3) is 5.91 Å². The number of halogens is 3. The summed E-state index contributed by atoms with van der Waals surface area (Å²) in [4.78, 5) is 14.3. The highest BCUT2D eigenvalue weighted by Gasteiger charge is 2.34. The van der Waals surface area contributed by atoms with Crippen LogP contribution in [-0.4, -0.2) is 60.2 Å². The van der Waals surface area contributed by atoms with Crippen LogP contribution in [0.5, 0.6) is 0 Å². The zero-order valence-corrected chi connectivity index (χ0v) is 17.6. The molecular weight excluding hydrogens is 441 g/mol. The first-order valence-electron chi connectivity index (χ1n) is 8.90. The maximum atomic E-state index is 12.9. The second-order valence-electron chi connectivity index (χ2n) is 6.70. The predicted molar refractivity (Wildman–Crippen MR) is 105 cm³/mol. The zero-order valence-electron chi connectivity index (χ0n) is 15.9.